The number of fused-ring (bicyclic) bond motifs is 2. The molecule has 130 valence electrons. The van der Waals surface area contributed by atoms with Crippen molar-refractivity contribution in [1.29, 1.82) is 0 Å². The Labute approximate surface area is 149 Å². The van der Waals surface area contributed by atoms with Crippen LogP contribution in [0, 0.1) is 5.92 Å². The van der Waals surface area contributed by atoms with Gasteiger partial charge in [-0.3, -0.25) is 9.88 Å². The first-order chi connectivity index (χ1) is 12.3. The number of hydrogen-bond acceptors (Lipinski definition) is 4. The van der Waals surface area contributed by atoms with Crippen LogP contribution in [0.2, 0.25) is 0 Å². The third kappa shape index (κ3) is 2.43. The third-order valence-electron chi connectivity index (χ3n) is 6.51. The van der Waals surface area contributed by atoms with E-state index in [2.05, 4.69) is 45.1 Å². The van der Waals surface area contributed by atoms with Crippen molar-refractivity contribution in [2.75, 3.05) is 31.6 Å². The summed E-state index contributed by atoms with van der Waals surface area (Å²) in [6.07, 6.45) is 6.52. The Balaban J connectivity index is 1.56. The lowest BCUT2D eigenvalue weighted by Crippen LogP contribution is -2.60. The van der Waals surface area contributed by atoms with Crippen molar-refractivity contribution >= 4 is 5.69 Å². The Hall–Kier alpha value is -2.07. The van der Waals surface area contributed by atoms with Gasteiger partial charge in [-0.05, 0) is 61.7 Å². The number of hydrogen-bond donors (Lipinski definition) is 0. The van der Waals surface area contributed by atoms with Crippen LogP contribution in [-0.2, 0) is 0 Å². The first-order valence-corrected chi connectivity index (χ1v) is 9.40. The minimum Gasteiger partial charge on any atom is -0.497 e. The van der Waals surface area contributed by atoms with Crippen molar-refractivity contribution in [2.45, 2.75) is 30.8 Å². The van der Waals surface area contributed by atoms with Crippen molar-refractivity contribution in [1.82, 2.24) is 9.88 Å². The van der Waals surface area contributed by atoms with E-state index >= 15 is 0 Å². The summed E-state index contributed by atoms with van der Waals surface area (Å²) in [4.78, 5) is 9.62. The zero-order valence-corrected chi connectivity index (χ0v) is 14.7. The highest BCUT2D eigenvalue weighted by Gasteiger charge is 2.53. The van der Waals surface area contributed by atoms with Gasteiger partial charge in [0.25, 0.3) is 0 Å². The molecule has 25 heavy (non-hydrogen) atoms. The maximum Gasteiger partial charge on any atom is 0.119 e. The fraction of sp³-hybridized carbons (Fsp3) is 0.476. The lowest BCUT2D eigenvalue weighted by atomic mass is 9.75. The molecule has 4 heteroatoms. The Bertz CT molecular complexity index is 742. The lowest BCUT2D eigenvalue weighted by molar-refractivity contribution is 0.0356. The van der Waals surface area contributed by atoms with Crippen LogP contribution in [0.1, 0.15) is 24.3 Å². The van der Waals surface area contributed by atoms with E-state index in [4.69, 9.17) is 4.74 Å². The molecule has 4 aliphatic rings. The number of piperidine rings is 3. The summed E-state index contributed by atoms with van der Waals surface area (Å²) in [7, 11) is 1.76. The average molecular weight is 335 g/mol. The van der Waals surface area contributed by atoms with E-state index in [1.807, 2.05) is 18.5 Å². The molecule has 0 saturated carbocycles. The minimum absolute atomic E-state index is 0.538. The largest absolute Gasteiger partial charge is 0.497 e. The Kier molecular flexibility index (Phi) is 3.66. The van der Waals surface area contributed by atoms with Gasteiger partial charge in [-0.25, -0.2) is 0 Å². The molecule has 6 rings (SSSR count). The molecule has 4 fully saturated rings. The zero-order valence-electron chi connectivity index (χ0n) is 14.7. The molecular weight excluding hydrogens is 310 g/mol. The maximum atomic E-state index is 5.49. The first kappa shape index (κ1) is 15.2. The standard InChI is InChI=1S/C21H25N3O/c1-25-18-4-2-3-16(13-18)19-14-24(17-5-9-22-10-6-17)20-15-7-11-23(12-8-15)21(19)20/h2-6,9-10,13,15,19-21H,7-8,11-12,14H2,1H3/t19-,20+,21+/m0/s1. The molecular formula is C21H25N3O. The second-order valence-corrected chi connectivity index (χ2v) is 7.60. The van der Waals surface area contributed by atoms with Crippen LogP contribution in [0.3, 0.4) is 0 Å². The monoisotopic (exact) mass is 335 g/mol. The van der Waals surface area contributed by atoms with Crippen LogP contribution in [0.15, 0.2) is 48.8 Å². The second kappa shape index (κ2) is 6.03. The molecule has 5 heterocycles. The molecule has 3 atom stereocenters. The van der Waals surface area contributed by atoms with Crippen LogP contribution in [0.5, 0.6) is 5.75 Å². The van der Waals surface area contributed by atoms with E-state index in [0.29, 0.717) is 18.0 Å². The van der Waals surface area contributed by atoms with Crippen LogP contribution in [0.4, 0.5) is 5.69 Å². The summed E-state index contributed by atoms with van der Waals surface area (Å²) in [6, 6.07) is 14.3. The molecule has 0 unspecified atom stereocenters. The van der Waals surface area contributed by atoms with Gasteiger partial charge in [0.2, 0.25) is 0 Å². The number of benzene rings is 1. The zero-order chi connectivity index (χ0) is 16.8. The SMILES string of the molecule is COc1cccc([C@@H]2CN(c3ccncc3)[C@@H]3C4CCN(CC4)[C@@H]32)c1. The summed E-state index contributed by atoms with van der Waals surface area (Å²) in [5.74, 6) is 2.32. The van der Waals surface area contributed by atoms with E-state index in [1.54, 1.807) is 7.11 Å². The van der Waals surface area contributed by atoms with E-state index in [1.165, 1.54) is 37.2 Å². The Morgan fingerprint density at radius 3 is 2.60 bits per heavy atom. The molecule has 0 N–H and O–H groups in total. The molecule has 1 aromatic heterocycles. The van der Waals surface area contributed by atoms with Crippen LogP contribution in [0.25, 0.3) is 0 Å². The molecule has 1 aromatic carbocycles. The van der Waals surface area contributed by atoms with E-state index in [0.717, 1.165) is 18.2 Å². The normalized spacial score (nSPS) is 33.3. The smallest absolute Gasteiger partial charge is 0.119 e. The topological polar surface area (TPSA) is 28.6 Å². The summed E-state index contributed by atoms with van der Waals surface area (Å²) >= 11 is 0. The summed E-state index contributed by atoms with van der Waals surface area (Å²) in [6.45, 7) is 3.60. The van der Waals surface area contributed by atoms with Crippen molar-refractivity contribution in [3.8, 4) is 5.75 Å². The van der Waals surface area contributed by atoms with Gasteiger partial charge in [0.1, 0.15) is 5.75 Å². The minimum atomic E-state index is 0.538. The van der Waals surface area contributed by atoms with Gasteiger partial charge in [0, 0.05) is 42.6 Å². The molecule has 2 aromatic rings. The van der Waals surface area contributed by atoms with Crippen LogP contribution in [-0.4, -0.2) is 48.7 Å². The molecule has 4 saturated heterocycles. The highest BCUT2D eigenvalue weighted by atomic mass is 16.5. The molecule has 0 aliphatic carbocycles. The van der Waals surface area contributed by atoms with Gasteiger partial charge >= 0.3 is 0 Å². The number of nitrogens with zero attached hydrogens (tertiary/aromatic N) is 3. The summed E-state index contributed by atoms with van der Waals surface area (Å²) in [5, 5.41) is 0. The quantitative estimate of drug-likeness (QED) is 0.861. The first-order valence-electron chi connectivity index (χ1n) is 9.40. The molecule has 4 nitrogen and oxygen atoms in total. The van der Waals surface area contributed by atoms with E-state index in [-0.39, 0.29) is 0 Å². The number of anilines is 1. The number of pyridine rings is 1. The Morgan fingerprint density at radius 1 is 1.04 bits per heavy atom. The van der Waals surface area contributed by atoms with E-state index < -0.39 is 0 Å². The molecule has 0 amide bonds. The Morgan fingerprint density at radius 2 is 1.84 bits per heavy atom. The fourth-order valence-electron chi connectivity index (χ4n) is 5.41. The van der Waals surface area contributed by atoms with Gasteiger partial charge in [-0.2, -0.15) is 0 Å². The van der Waals surface area contributed by atoms with Crippen molar-refractivity contribution in [3.05, 3.63) is 54.4 Å². The molecule has 4 aliphatic heterocycles. The molecule has 2 bridgehead atoms. The van der Waals surface area contributed by atoms with Gasteiger partial charge in [-0.15, -0.1) is 0 Å². The highest BCUT2D eigenvalue weighted by molar-refractivity contribution is 5.51. The summed E-state index contributed by atoms with van der Waals surface area (Å²) in [5.41, 5.74) is 2.74. The van der Waals surface area contributed by atoms with Crippen molar-refractivity contribution in [3.63, 3.8) is 0 Å². The number of aromatic nitrogens is 1. The lowest BCUT2D eigenvalue weighted by Gasteiger charge is -2.51. The maximum absolute atomic E-state index is 5.49. The number of methoxy groups -OCH3 is 1. The van der Waals surface area contributed by atoms with Crippen molar-refractivity contribution < 1.29 is 4.74 Å². The molecule has 0 radical (unpaired) electrons. The third-order valence-corrected chi connectivity index (χ3v) is 6.51. The average Bonchev–Trinajstić information content (AvgIpc) is 3.12. The van der Waals surface area contributed by atoms with Gasteiger partial charge in [0.15, 0.2) is 0 Å². The fourth-order valence-corrected chi connectivity index (χ4v) is 5.41. The highest BCUT2D eigenvalue weighted by Crippen LogP contribution is 2.48. The van der Waals surface area contributed by atoms with Crippen LogP contribution < -0.4 is 9.64 Å². The van der Waals surface area contributed by atoms with Gasteiger partial charge in [0.05, 0.1) is 7.11 Å². The predicted octanol–water partition coefficient (Wildman–Crippen LogP) is 3.16. The predicted molar refractivity (Wildman–Crippen MR) is 99.2 cm³/mol. The summed E-state index contributed by atoms with van der Waals surface area (Å²) < 4.78 is 5.49. The van der Waals surface area contributed by atoms with Gasteiger partial charge in [-0.1, -0.05) is 12.1 Å². The van der Waals surface area contributed by atoms with E-state index in [9.17, 15) is 0 Å². The van der Waals surface area contributed by atoms with Crippen molar-refractivity contribution in [2.24, 2.45) is 5.92 Å². The molecule has 0 spiro atoms. The number of rotatable bonds is 3. The second-order valence-electron chi connectivity index (χ2n) is 7.60. The van der Waals surface area contributed by atoms with Crippen LogP contribution >= 0.6 is 0 Å². The van der Waals surface area contributed by atoms with Gasteiger partial charge < -0.3 is 9.64 Å². The number of ether oxygens (including phenoxy) is 1.